The van der Waals surface area contributed by atoms with Crippen LogP contribution >= 0.6 is 0 Å². The van der Waals surface area contributed by atoms with Crippen molar-refractivity contribution in [3.05, 3.63) is 54.6 Å². The Labute approximate surface area is 177 Å². The van der Waals surface area contributed by atoms with E-state index in [0.29, 0.717) is 11.4 Å². The summed E-state index contributed by atoms with van der Waals surface area (Å²) in [7, 11) is 0. The maximum Gasteiger partial charge on any atom is 0.262 e. The first-order valence-electron chi connectivity index (χ1n) is 11.0. The fourth-order valence-electron chi connectivity index (χ4n) is 6.19. The number of amides is 2. The lowest BCUT2D eigenvalue weighted by molar-refractivity contribution is -0.140. The van der Waals surface area contributed by atoms with Crippen LogP contribution in [0.25, 0.3) is 0 Å². The number of carbonyl (C=O) groups excluding carboxylic acids is 2. The van der Waals surface area contributed by atoms with Crippen LogP contribution in [0.1, 0.15) is 38.5 Å². The standard InChI is InChI=1S/C25H28N2O3/c28-23(16-30-22-7-2-1-3-8-22)26-20-5-4-6-21(12-20)27-24(29)25-13-17-9-18(14-25)11-19(10-17)15-25/h1-8,12,17-19H,9-11,13-16H2,(H,26,28)(H,27,29). The summed E-state index contributed by atoms with van der Waals surface area (Å²) in [6.45, 7) is -0.0616. The van der Waals surface area contributed by atoms with Crippen LogP contribution < -0.4 is 15.4 Å². The number of carbonyl (C=O) groups is 2. The Morgan fingerprint density at radius 1 is 0.833 bits per heavy atom. The van der Waals surface area contributed by atoms with Gasteiger partial charge in [0.25, 0.3) is 5.91 Å². The summed E-state index contributed by atoms with van der Waals surface area (Å²) in [5, 5.41) is 5.99. The van der Waals surface area contributed by atoms with Gasteiger partial charge in [0.2, 0.25) is 5.91 Å². The van der Waals surface area contributed by atoms with Gasteiger partial charge in [-0.15, -0.1) is 0 Å². The molecule has 30 heavy (non-hydrogen) atoms. The first-order valence-corrected chi connectivity index (χ1v) is 11.0. The Morgan fingerprint density at radius 3 is 2.07 bits per heavy atom. The molecule has 4 bridgehead atoms. The van der Waals surface area contributed by atoms with E-state index in [1.165, 1.54) is 19.3 Å². The first-order chi connectivity index (χ1) is 14.6. The first kappa shape index (κ1) is 19.2. The molecule has 0 saturated heterocycles. The molecule has 4 saturated carbocycles. The second-order valence-electron chi connectivity index (χ2n) is 9.38. The van der Waals surface area contributed by atoms with Gasteiger partial charge in [-0.05, 0) is 86.6 Å². The van der Waals surface area contributed by atoms with Crippen molar-refractivity contribution in [1.29, 1.82) is 0 Å². The molecule has 2 amide bonds. The van der Waals surface area contributed by atoms with E-state index < -0.39 is 0 Å². The Balaban J connectivity index is 1.20. The summed E-state index contributed by atoms with van der Waals surface area (Å²) in [5.74, 6) is 2.79. The predicted octanol–water partition coefficient (Wildman–Crippen LogP) is 4.86. The van der Waals surface area contributed by atoms with Gasteiger partial charge >= 0.3 is 0 Å². The largest absolute Gasteiger partial charge is 0.484 e. The lowest BCUT2D eigenvalue weighted by Crippen LogP contribution is -2.51. The Bertz CT molecular complexity index is 905. The summed E-state index contributed by atoms with van der Waals surface area (Å²) in [6.07, 6.45) is 7.07. The highest BCUT2D eigenvalue weighted by Gasteiger charge is 2.54. The topological polar surface area (TPSA) is 67.4 Å². The molecular formula is C25H28N2O3. The second kappa shape index (κ2) is 7.78. The predicted molar refractivity (Wildman–Crippen MR) is 116 cm³/mol. The number of hydrogen-bond donors (Lipinski definition) is 2. The van der Waals surface area contributed by atoms with Gasteiger partial charge in [0, 0.05) is 11.4 Å². The number of hydrogen-bond acceptors (Lipinski definition) is 3. The zero-order chi connectivity index (χ0) is 20.6. The third kappa shape index (κ3) is 3.93. The van der Waals surface area contributed by atoms with Gasteiger partial charge in [0.05, 0.1) is 5.41 Å². The van der Waals surface area contributed by atoms with Gasteiger partial charge in [-0.25, -0.2) is 0 Å². The highest BCUT2D eigenvalue weighted by molar-refractivity contribution is 5.97. The Kier molecular flexibility index (Phi) is 4.97. The van der Waals surface area contributed by atoms with Crippen LogP contribution in [0, 0.1) is 23.2 Å². The summed E-state index contributed by atoms with van der Waals surface area (Å²) in [6, 6.07) is 16.6. The normalized spacial score (nSPS) is 28.7. The van der Waals surface area contributed by atoms with Crippen molar-refractivity contribution in [2.24, 2.45) is 23.2 Å². The minimum atomic E-state index is -0.233. The fraction of sp³-hybridized carbons (Fsp3) is 0.440. The molecule has 5 heteroatoms. The molecular weight excluding hydrogens is 376 g/mol. The maximum atomic E-state index is 13.2. The lowest BCUT2D eigenvalue weighted by atomic mass is 9.49. The van der Waals surface area contributed by atoms with Crippen molar-refractivity contribution in [2.75, 3.05) is 17.2 Å². The average Bonchev–Trinajstić information content (AvgIpc) is 2.72. The number of nitrogens with one attached hydrogen (secondary N) is 2. The molecule has 5 nitrogen and oxygen atoms in total. The van der Waals surface area contributed by atoms with Gasteiger partial charge in [-0.3, -0.25) is 9.59 Å². The van der Waals surface area contributed by atoms with Crippen molar-refractivity contribution < 1.29 is 14.3 Å². The molecule has 0 heterocycles. The number of anilines is 2. The van der Waals surface area contributed by atoms with E-state index in [2.05, 4.69) is 10.6 Å². The van der Waals surface area contributed by atoms with E-state index in [-0.39, 0.29) is 23.8 Å². The van der Waals surface area contributed by atoms with Crippen LogP contribution in [-0.4, -0.2) is 18.4 Å². The van der Waals surface area contributed by atoms with Crippen LogP contribution in [0.5, 0.6) is 5.75 Å². The zero-order valence-electron chi connectivity index (χ0n) is 17.1. The number of benzene rings is 2. The Hall–Kier alpha value is -2.82. The van der Waals surface area contributed by atoms with E-state index in [4.69, 9.17) is 4.74 Å². The van der Waals surface area contributed by atoms with Gasteiger partial charge < -0.3 is 15.4 Å². The van der Waals surface area contributed by atoms with E-state index in [1.54, 1.807) is 0 Å². The second-order valence-corrected chi connectivity index (χ2v) is 9.38. The highest BCUT2D eigenvalue weighted by Crippen LogP contribution is 2.60. The SMILES string of the molecule is O=C(COc1ccccc1)Nc1cccc(NC(=O)C23CC4CC(CC(C4)C2)C3)c1. The van der Waals surface area contributed by atoms with Gasteiger partial charge in [0.1, 0.15) is 5.75 Å². The van der Waals surface area contributed by atoms with E-state index in [0.717, 1.165) is 42.7 Å². The minimum absolute atomic E-state index is 0.0616. The average molecular weight is 405 g/mol. The third-order valence-corrected chi connectivity index (χ3v) is 7.04. The van der Waals surface area contributed by atoms with Crippen LogP contribution in [0.2, 0.25) is 0 Å². The molecule has 0 radical (unpaired) electrons. The van der Waals surface area contributed by atoms with Crippen LogP contribution in [0.15, 0.2) is 54.6 Å². The van der Waals surface area contributed by atoms with Crippen molar-refractivity contribution in [3.8, 4) is 5.75 Å². The molecule has 2 N–H and O–H groups in total. The molecule has 0 atom stereocenters. The number of para-hydroxylation sites is 1. The van der Waals surface area contributed by atoms with Crippen molar-refractivity contribution in [3.63, 3.8) is 0 Å². The smallest absolute Gasteiger partial charge is 0.262 e. The van der Waals surface area contributed by atoms with Crippen molar-refractivity contribution in [1.82, 2.24) is 0 Å². The molecule has 0 spiro atoms. The minimum Gasteiger partial charge on any atom is -0.484 e. The summed E-state index contributed by atoms with van der Waals surface area (Å²) in [5.41, 5.74) is 1.20. The molecule has 2 aromatic rings. The molecule has 0 unspecified atom stereocenters. The van der Waals surface area contributed by atoms with E-state index in [9.17, 15) is 9.59 Å². The quantitative estimate of drug-likeness (QED) is 0.723. The summed E-state index contributed by atoms with van der Waals surface area (Å²) >= 11 is 0. The lowest BCUT2D eigenvalue weighted by Gasteiger charge is -2.55. The zero-order valence-corrected chi connectivity index (χ0v) is 17.1. The summed E-state index contributed by atoms with van der Waals surface area (Å²) in [4.78, 5) is 25.5. The summed E-state index contributed by atoms with van der Waals surface area (Å²) < 4.78 is 5.49. The molecule has 4 fully saturated rings. The van der Waals surface area contributed by atoms with Gasteiger partial charge in [0.15, 0.2) is 6.61 Å². The molecule has 0 aliphatic heterocycles. The molecule has 4 aliphatic rings. The highest BCUT2D eigenvalue weighted by atomic mass is 16.5. The van der Waals surface area contributed by atoms with Crippen LogP contribution in [-0.2, 0) is 9.59 Å². The van der Waals surface area contributed by atoms with E-state index in [1.807, 2.05) is 54.6 Å². The fourth-order valence-corrected chi connectivity index (χ4v) is 6.19. The molecule has 0 aromatic heterocycles. The monoisotopic (exact) mass is 404 g/mol. The van der Waals surface area contributed by atoms with Crippen molar-refractivity contribution >= 4 is 23.2 Å². The third-order valence-electron chi connectivity index (χ3n) is 7.04. The van der Waals surface area contributed by atoms with E-state index >= 15 is 0 Å². The molecule has 2 aromatic carbocycles. The van der Waals surface area contributed by atoms with Gasteiger partial charge in [-0.1, -0.05) is 24.3 Å². The molecule has 4 aliphatic carbocycles. The molecule has 156 valence electrons. The molecule has 6 rings (SSSR count). The van der Waals surface area contributed by atoms with Crippen molar-refractivity contribution in [2.45, 2.75) is 38.5 Å². The Morgan fingerprint density at radius 2 is 1.43 bits per heavy atom. The number of ether oxygens (including phenoxy) is 1. The van der Waals surface area contributed by atoms with Crippen LogP contribution in [0.3, 0.4) is 0 Å². The van der Waals surface area contributed by atoms with Crippen LogP contribution in [0.4, 0.5) is 11.4 Å². The van der Waals surface area contributed by atoms with Gasteiger partial charge in [-0.2, -0.15) is 0 Å². The maximum absolute atomic E-state index is 13.2. The number of rotatable bonds is 6.